The van der Waals surface area contributed by atoms with Gasteiger partial charge in [0.25, 0.3) is 0 Å². The number of halogens is 1. The standard InChI is InChI=1S/C17H24ClN3/c1-6-21-16(14(18)11-20-21)15(19-5)12-7-9-13(10-8-12)17(2,3)4/h7-11,15,19H,6H2,1-5H3. The molecule has 0 fully saturated rings. The Bertz CT molecular complexity index is 593. The molecule has 1 N–H and O–H groups in total. The van der Waals surface area contributed by atoms with E-state index < -0.39 is 0 Å². The third-order valence-corrected chi connectivity index (χ3v) is 4.10. The van der Waals surface area contributed by atoms with Crippen molar-refractivity contribution in [2.24, 2.45) is 0 Å². The first kappa shape index (κ1) is 16.1. The lowest BCUT2D eigenvalue weighted by Crippen LogP contribution is -2.22. The maximum Gasteiger partial charge on any atom is 0.0837 e. The lowest BCUT2D eigenvalue weighted by atomic mass is 9.86. The minimum atomic E-state index is 0.0500. The average molecular weight is 306 g/mol. The van der Waals surface area contributed by atoms with Crippen molar-refractivity contribution in [2.75, 3.05) is 7.05 Å². The van der Waals surface area contributed by atoms with Crippen LogP contribution < -0.4 is 5.32 Å². The minimum Gasteiger partial charge on any atom is -0.308 e. The van der Waals surface area contributed by atoms with Gasteiger partial charge in [-0.2, -0.15) is 5.10 Å². The molecule has 0 saturated heterocycles. The van der Waals surface area contributed by atoms with Crippen LogP contribution in [0.1, 0.15) is 50.6 Å². The normalized spacial score (nSPS) is 13.4. The maximum absolute atomic E-state index is 6.33. The SMILES string of the molecule is CCn1ncc(Cl)c1C(NC)c1ccc(C(C)(C)C)cc1. The molecule has 0 radical (unpaired) electrons. The first-order valence-corrected chi connectivity index (χ1v) is 7.75. The summed E-state index contributed by atoms with van der Waals surface area (Å²) in [4.78, 5) is 0. The molecule has 2 aromatic rings. The molecule has 21 heavy (non-hydrogen) atoms. The molecule has 0 spiro atoms. The monoisotopic (exact) mass is 305 g/mol. The van der Waals surface area contributed by atoms with Gasteiger partial charge in [0.2, 0.25) is 0 Å². The van der Waals surface area contributed by atoms with Gasteiger partial charge in [0.1, 0.15) is 0 Å². The van der Waals surface area contributed by atoms with Crippen LogP contribution in [0.4, 0.5) is 0 Å². The van der Waals surface area contributed by atoms with Crippen molar-refractivity contribution in [1.29, 1.82) is 0 Å². The third-order valence-electron chi connectivity index (χ3n) is 3.80. The highest BCUT2D eigenvalue weighted by Crippen LogP contribution is 2.30. The third kappa shape index (κ3) is 3.30. The minimum absolute atomic E-state index is 0.0500. The van der Waals surface area contributed by atoms with Crippen molar-refractivity contribution < 1.29 is 0 Å². The Balaban J connectivity index is 2.40. The molecule has 3 nitrogen and oxygen atoms in total. The Hall–Kier alpha value is -1.32. The highest BCUT2D eigenvalue weighted by Gasteiger charge is 2.21. The van der Waals surface area contributed by atoms with Crippen LogP contribution >= 0.6 is 11.6 Å². The molecule has 0 bridgehead atoms. The maximum atomic E-state index is 6.33. The van der Waals surface area contributed by atoms with Crippen LogP contribution in [0.25, 0.3) is 0 Å². The quantitative estimate of drug-likeness (QED) is 0.919. The largest absolute Gasteiger partial charge is 0.308 e. The second-order valence-corrected chi connectivity index (χ2v) is 6.69. The summed E-state index contributed by atoms with van der Waals surface area (Å²) in [5.74, 6) is 0. The van der Waals surface area contributed by atoms with Gasteiger partial charge >= 0.3 is 0 Å². The van der Waals surface area contributed by atoms with Crippen LogP contribution in [-0.4, -0.2) is 16.8 Å². The van der Waals surface area contributed by atoms with Crippen molar-refractivity contribution in [3.63, 3.8) is 0 Å². The Morgan fingerprint density at radius 2 is 1.86 bits per heavy atom. The van der Waals surface area contributed by atoms with Crippen LogP contribution in [0.5, 0.6) is 0 Å². The lowest BCUT2D eigenvalue weighted by molar-refractivity contribution is 0.561. The fourth-order valence-electron chi connectivity index (χ4n) is 2.55. The second-order valence-electron chi connectivity index (χ2n) is 6.29. The summed E-state index contributed by atoms with van der Waals surface area (Å²) in [7, 11) is 1.95. The molecule has 0 amide bonds. The van der Waals surface area contributed by atoms with Crippen LogP contribution in [0.2, 0.25) is 5.02 Å². The van der Waals surface area contributed by atoms with Crippen LogP contribution in [0, 0.1) is 0 Å². The molecule has 1 aromatic carbocycles. The van der Waals surface area contributed by atoms with E-state index in [2.05, 4.69) is 62.4 Å². The summed E-state index contributed by atoms with van der Waals surface area (Å²) in [6.07, 6.45) is 1.72. The van der Waals surface area contributed by atoms with Crippen LogP contribution in [0.3, 0.4) is 0 Å². The zero-order chi connectivity index (χ0) is 15.6. The van der Waals surface area contributed by atoms with E-state index >= 15 is 0 Å². The summed E-state index contributed by atoms with van der Waals surface area (Å²) in [6.45, 7) is 9.55. The molecule has 0 aliphatic heterocycles. The zero-order valence-electron chi connectivity index (χ0n) is 13.4. The predicted molar refractivity (Wildman–Crippen MR) is 89.0 cm³/mol. The van der Waals surface area contributed by atoms with E-state index in [4.69, 9.17) is 11.6 Å². The van der Waals surface area contributed by atoms with E-state index in [-0.39, 0.29) is 11.5 Å². The van der Waals surface area contributed by atoms with Gasteiger partial charge in [0.15, 0.2) is 0 Å². The fourth-order valence-corrected chi connectivity index (χ4v) is 2.80. The lowest BCUT2D eigenvalue weighted by Gasteiger charge is -2.22. The summed E-state index contributed by atoms with van der Waals surface area (Å²) in [5.41, 5.74) is 3.71. The van der Waals surface area contributed by atoms with E-state index in [1.807, 2.05) is 11.7 Å². The highest BCUT2D eigenvalue weighted by atomic mass is 35.5. The zero-order valence-corrected chi connectivity index (χ0v) is 14.2. The van der Waals surface area contributed by atoms with Crippen molar-refractivity contribution in [3.05, 3.63) is 52.3 Å². The number of nitrogens with one attached hydrogen (secondary N) is 1. The number of benzene rings is 1. The van der Waals surface area contributed by atoms with Crippen molar-refractivity contribution in [3.8, 4) is 0 Å². The smallest absolute Gasteiger partial charge is 0.0837 e. The molecule has 0 aliphatic rings. The number of hydrogen-bond donors (Lipinski definition) is 1. The van der Waals surface area contributed by atoms with Gasteiger partial charge in [-0.05, 0) is 30.5 Å². The molecular weight excluding hydrogens is 282 g/mol. The van der Waals surface area contributed by atoms with Gasteiger partial charge in [-0.3, -0.25) is 4.68 Å². The molecule has 0 aliphatic carbocycles. The Labute approximate surface area is 132 Å². The first-order chi connectivity index (χ1) is 9.88. The number of hydrogen-bond acceptors (Lipinski definition) is 2. The number of rotatable bonds is 4. The van der Waals surface area contributed by atoms with E-state index in [9.17, 15) is 0 Å². The summed E-state index contributed by atoms with van der Waals surface area (Å²) in [6, 6.07) is 8.78. The predicted octanol–water partition coefficient (Wildman–Crippen LogP) is 4.16. The summed E-state index contributed by atoms with van der Waals surface area (Å²) < 4.78 is 1.95. The van der Waals surface area contributed by atoms with Gasteiger partial charge in [-0.1, -0.05) is 56.6 Å². The molecular formula is C17H24ClN3. The molecule has 1 aromatic heterocycles. The van der Waals surface area contributed by atoms with Gasteiger partial charge < -0.3 is 5.32 Å². The average Bonchev–Trinajstić information content (AvgIpc) is 2.81. The van der Waals surface area contributed by atoms with E-state index in [1.54, 1.807) is 6.20 Å². The van der Waals surface area contributed by atoms with Gasteiger partial charge in [0, 0.05) is 6.54 Å². The Morgan fingerprint density at radius 1 is 1.24 bits per heavy atom. The number of aryl methyl sites for hydroxylation is 1. The van der Waals surface area contributed by atoms with Crippen molar-refractivity contribution in [2.45, 2.75) is 45.7 Å². The summed E-state index contributed by atoms with van der Waals surface area (Å²) in [5, 5.41) is 8.38. The topological polar surface area (TPSA) is 29.9 Å². The van der Waals surface area contributed by atoms with E-state index in [0.29, 0.717) is 5.02 Å². The van der Waals surface area contributed by atoms with Gasteiger partial charge in [-0.25, -0.2) is 0 Å². The number of aromatic nitrogens is 2. The molecule has 1 atom stereocenters. The summed E-state index contributed by atoms with van der Waals surface area (Å²) >= 11 is 6.33. The molecule has 1 unspecified atom stereocenters. The van der Waals surface area contributed by atoms with Crippen LogP contribution in [0.15, 0.2) is 30.5 Å². The Morgan fingerprint density at radius 3 is 2.33 bits per heavy atom. The highest BCUT2D eigenvalue weighted by molar-refractivity contribution is 6.31. The molecule has 1 heterocycles. The molecule has 0 saturated carbocycles. The second kappa shape index (κ2) is 6.20. The van der Waals surface area contributed by atoms with E-state index in [1.165, 1.54) is 11.1 Å². The Kier molecular flexibility index (Phi) is 4.74. The number of nitrogens with zero attached hydrogens (tertiary/aromatic N) is 2. The van der Waals surface area contributed by atoms with Crippen LogP contribution in [-0.2, 0) is 12.0 Å². The first-order valence-electron chi connectivity index (χ1n) is 7.37. The van der Waals surface area contributed by atoms with E-state index in [0.717, 1.165) is 12.2 Å². The van der Waals surface area contributed by atoms with Crippen molar-refractivity contribution >= 4 is 11.6 Å². The fraction of sp³-hybridized carbons (Fsp3) is 0.471. The molecule has 2 rings (SSSR count). The van der Waals surface area contributed by atoms with Gasteiger partial charge in [-0.15, -0.1) is 0 Å². The molecule has 4 heteroatoms. The molecule has 114 valence electrons. The van der Waals surface area contributed by atoms with Crippen molar-refractivity contribution in [1.82, 2.24) is 15.1 Å². The van der Waals surface area contributed by atoms with Gasteiger partial charge in [0.05, 0.1) is 23.0 Å².